The fourth-order valence-corrected chi connectivity index (χ4v) is 6.84. The summed E-state index contributed by atoms with van der Waals surface area (Å²) in [6.07, 6.45) is 0.773. The van der Waals surface area contributed by atoms with Gasteiger partial charge in [0, 0.05) is 6.54 Å². The molecular formula is C32H45N3O7. The Morgan fingerprint density at radius 3 is 2.14 bits per heavy atom. The smallest absolute Gasteiger partial charge is 0.408 e. The predicted molar refractivity (Wildman–Crippen MR) is 155 cm³/mol. The molecule has 0 aromatic heterocycles. The second-order valence-electron chi connectivity index (χ2n) is 14.0. The van der Waals surface area contributed by atoms with Gasteiger partial charge < -0.3 is 25.0 Å². The average Bonchev–Trinajstić information content (AvgIpc) is 3.27. The predicted octanol–water partition coefficient (Wildman–Crippen LogP) is 3.05. The molecule has 4 rings (SSSR count). The molecule has 2 fully saturated rings. The molecule has 3 amide bonds. The average molecular weight is 584 g/mol. The third-order valence-electron chi connectivity index (χ3n) is 8.98. The second-order valence-corrected chi connectivity index (χ2v) is 14.0. The zero-order valence-electron chi connectivity index (χ0n) is 26.0. The third-order valence-corrected chi connectivity index (χ3v) is 8.98. The summed E-state index contributed by atoms with van der Waals surface area (Å²) in [6, 6.07) is 5.15. The van der Waals surface area contributed by atoms with Crippen molar-refractivity contribution in [1.29, 1.82) is 0 Å². The van der Waals surface area contributed by atoms with Crippen molar-refractivity contribution in [2.75, 3.05) is 13.7 Å². The number of likely N-dealkylation sites (tertiary alicyclic amines) is 1. The first-order valence-electron chi connectivity index (χ1n) is 14.8. The van der Waals surface area contributed by atoms with Gasteiger partial charge in [-0.05, 0) is 80.2 Å². The van der Waals surface area contributed by atoms with Gasteiger partial charge in [0.25, 0.3) is 5.78 Å². The van der Waals surface area contributed by atoms with Gasteiger partial charge in [-0.1, -0.05) is 52.0 Å². The number of nitrogens with one attached hydrogen (secondary N) is 2. The summed E-state index contributed by atoms with van der Waals surface area (Å²) in [7, 11) is 1.13. The molecule has 0 bridgehead atoms. The van der Waals surface area contributed by atoms with E-state index in [4.69, 9.17) is 4.74 Å². The van der Waals surface area contributed by atoms with Crippen LogP contribution in [0.5, 0.6) is 0 Å². The summed E-state index contributed by atoms with van der Waals surface area (Å²) >= 11 is 0. The van der Waals surface area contributed by atoms with Crippen LogP contribution in [-0.2, 0) is 41.5 Å². The summed E-state index contributed by atoms with van der Waals surface area (Å²) < 4.78 is 10.2. The van der Waals surface area contributed by atoms with E-state index in [0.717, 1.165) is 18.2 Å². The van der Waals surface area contributed by atoms with Crippen LogP contribution in [0.15, 0.2) is 24.3 Å². The number of hydrogen-bond acceptors (Lipinski definition) is 7. The third kappa shape index (κ3) is 6.47. The van der Waals surface area contributed by atoms with Crippen LogP contribution in [-0.4, -0.2) is 71.9 Å². The first-order chi connectivity index (χ1) is 19.5. The van der Waals surface area contributed by atoms with Crippen LogP contribution < -0.4 is 10.6 Å². The van der Waals surface area contributed by atoms with E-state index in [0.29, 0.717) is 19.4 Å². The molecule has 1 saturated carbocycles. The van der Waals surface area contributed by atoms with Gasteiger partial charge in [-0.2, -0.15) is 0 Å². The number of amides is 3. The van der Waals surface area contributed by atoms with Crippen molar-refractivity contribution in [3.8, 4) is 0 Å². The van der Waals surface area contributed by atoms with Crippen LogP contribution in [0.2, 0.25) is 0 Å². The molecule has 42 heavy (non-hydrogen) atoms. The number of hydrogen-bond donors (Lipinski definition) is 2. The maximum absolute atomic E-state index is 14.4. The van der Waals surface area contributed by atoms with E-state index < -0.39 is 47.5 Å². The number of rotatable bonds is 9. The topological polar surface area (TPSA) is 131 Å². The number of ether oxygens (including phenoxy) is 2. The maximum Gasteiger partial charge on any atom is 0.408 e. The number of fused-ring (bicyclic) bond motifs is 2. The maximum atomic E-state index is 14.4. The van der Waals surface area contributed by atoms with Gasteiger partial charge in [-0.25, -0.2) is 9.59 Å². The molecule has 2 N–H and O–H groups in total. The van der Waals surface area contributed by atoms with Crippen molar-refractivity contribution in [3.63, 3.8) is 0 Å². The number of ketones is 1. The number of esters is 1. The lowest BCUT2D eigenvalue weighted by Crippen LogP contribution is -2.59. The lowest BCUT2D eigenvalue weighted by molar-refractivity contribution is -0.153. The minimum Gasteiger partial charge on any atom is -0.463 e. The van der Waals surface area contributed by atoms with E-state index >= 15 is 0 Å². The zero-order valence-corrected chi connectivity index (χ0v) is 26.0. The van der Waals surface area contributed by atoms with Crippen LogP contribution in [0, 0.1) is 29.1 Å². The Labute approximate surface area is 248 Å². The Morgan fingerprint density at radius 1 is 1.02 bits per heavy atom. The molecule has 1 aliphatic heterocycles. The van der Waals surface area contributed by atoms with Crippen LogP contribution in [0.4, 0.5) is 4.79 Å². The normalized spacial score (nSPS) is 23.8. The van der Waals surface area contributed by atoms with Crippen molar-refractivity contribution in [3.05, 3.63) is 35.4 Å². The summed E-state index contributed by atoms with van der Waals surface area (Å²) in [5, 5.41) is 5.63. The van der Waals surface area contributed by atoms with Gasteiger partial charge in [0.2, 0.25) is 11.8 Å². The highest BCUT2D eigenvalue weighted by atomic mass is 16.6. The second kappa shape index (κ2) is 11.7. The number of piperidine rings is 1. The lowest BCUT2D eigenvalue weighted by Gasteiger charge is -2.35. The zero-order chi connectivity index (χ0) is 31.1. The standard InChI is InChI=1S/C32H45N3O7/c1-17(2)13-22(26(36)29(39)41-8)33-27(37)25-23-21(32(23,6)7)16-35(25)28(38)24(34-30(40)42-31(3,4)5)20-14-18-11-9-10-12-19(18)15-20/h9-12,17,20-25H,13-16H2,1-8H3,(H,33,37)(H,34,40). The van der Waals surface area contributed by atoms with Crippen molar-refractivity contribution >= 4 is 29.7 Å². The first kappa shape index (κ1) is 31.5. The lowest BCUT2D eigenvalue weighted by atomic mass is 9.93. The van der Waals surface area contributed by atoms with E-state index in [-0.39, 0.29) is 41.4 Å². The van der Waals surface area contributed by atoms with Gasteiger partial charge in [-0.3, -0.25) is 14.4 Å². The van der Waals surface area contributed by atoms with Crippen LogP contribution in [0.3, 0.4) is 0 Å². The molecule has 1 aromatic rings. The molecule has 0 spiro atoms. The number of nitrogens with zero attached hydrogens (tertiary/aromatic N) is 1. The molecular weight excluding hydrogens is 538 g/mol. The van der Waals surface area contributed by atoms with Gasteiger partial charge in [-0.15, -0.1) is 0 Å². The van der Waals surface area contributed by atoms with Crippen LogP contribution in [0.25, 0.3) is 0 Å². The molecule has 5 unspecified atom stereocenters. The molecule has 1 saturated heterocycles. The van der Waals surface area contributed by atoms with Gasteiger partial charge in [0.15, 0.2) is 0 Å². The van der Waals surface area contributed by atoms with E-state index in [1.165, 1.54) is 0 Å². The molecule has 230 valence electrons. The largest absolute Gasteiger partial charge is 0.463 e. The van der Waals surface area contributed by atoms with E-state index in [9.17, 15) is 24.0 Å². The Bertz CT molecular complexity index is 1230. The summed E-state index contributed by atoms with van der Waals surface area (Å²) in [5.74, 6) is -2.89. The van der Waals surface area contributed by atoms with E-state index in [1.54, 1.807) is 25.7 Å². The van der Waals surface area contributed by atoms with Crippen LogP contribution in [0.1, 0.15) is 66.0 Å². The quantitative estimate of drug-likeness (QED) is 0.338. The number of benzene rings is 1. The highest BCUT2D eigenvalue weighted by molar-refractivity contribution is 6.36. The van der Waals surface area contributed by atoms with E-state index in [2.05, 4.69) is 29.2 Å². The van der Waals surface area contributed by atoms with Gasteiger partial charge in [0.05, 0.1) is 13.2 Å². The fourth-order valence-electron chi connectivity index (χ4n) is 6.84. The van der Waals surface area contributed by atoms with Gasteiger partial charge in [0.1, 0.15) is 17.7 Å². The molecule has 1 aromatic carbocycles. The summed E-state index contributed by atoms with van der Waals surface area (Å²) in [6.45, 7) is 13.6. The highest BCUT2D eigenvalue weighted by Gasteiger charge is 2.69. The summed E-state index contributed by atoms with van der Waals surface area (Å²) in [5.41, 5.74) is 1.33. The first-order valence-corrected chi connectivity index (χ1v) is 14.8. The number of alkyl carbamates (subject to hydrolysis) is 1. The Morgan fingerprint density at radius 2 is 1.62 bits per heavy atom. The number of Topliss-reactive ketones (excluding diaryl/α,β-unsaturated/α-hetero) is 1. The fraction of sp³-hybridized carbons (Fsp3) is 0.656. The van der Waals surface area contributed by atoms with Crippen molar-refractivity contribution in [2.45, 2.75) is 91.5 Å². The Kier molecular flexibility index (Phi) is 8.77. The SMILES string of the molecule is COC(=O)C(=O)C(CC(C)C)NC(=O)C1C2C(CN1C(=O)C(NC(=O)OC(C)(C)C)C1Cc3ccccc3C1)C2(C)C. The number of carbonyl (C=O) groups is 5. The Hall–Kier alpha value is -3.43. The molecule has 10 nitrogen and oxygen atoms in total. The van der Waals surface area contributed by atoms with Crippen LogP contribution >= 0.6 is 0 Å². The number of methoxy groups -OCH3 is 1. The molecule has 5 atom stereocenters. The van der Waals surface area contributed by atoms with Crippen molar-refractivity contribution in [1.82, 2.24) is 15.5 Å². The molecule has 3 aliphatic rings. The minimum absolute atomic E-state index is 0.0155. The monoisotopic (exact) mass is 583 g/mol. The molecule has 1 heterocycles. The highest BCUT2D eigenvalue weighted by Crippen LogP contribution is 2.65. The van der Waals surface area contributed by atoms with Gasteiger partial charge >= 0.3 is 12.1 Å². The molecule has 2 aliphatic carbocycles. The number of carbonyl (C=O) groups excluding carboxylic acids is 5. The van der Waals surface area contributed by atoms with Crippen molar-refractivity contribution < 1.29 is 33.4 Å². The minimum atomic E-state index is -1.07. The molecule has 0 radical (unpaired) electrons. The van der Waals surface area contributed by atoms with Crippen molar-refractivity contribution in [2.24, 2.45) is 29.1 Å². The summed E-state index contributed by atoms with van der Waals surface area (Å²) in [4.78, 5) is 67.7. The molecule has 10 heteroatoms. The van der Waals surface area contributed by atoms with E-state index in [1.807, 2.05) is 38.1 Å². The Balaban J connectivity index is 1.61.